The van der Waals surface area contributed by atoms with Gasteiger partial charge < -0.3 is 73.8 Å². The number of H-pyrrole nitrogens is 1. The van der Waals surface area contributed by atoms with E-state index in [0.717, 1.165) is 0 Å². The third kappa shape index (κ3) is 2.00. The van der Waals surface area contributed by atoms with Gasteiger partial charge in [-0.1, -0.05) is 0 Å². The molecule has 0 atom stereocenters. The molecule has 0 aliphatic rings. The molecule has 0 saturated carbocycles. The van der Waals surface area contributed by atoms with E-state index in [1.807, 2.05) is 0 Å². The van der Waals surface area contributed by atoms with E-state index in [9.17, 15) is 0 Å². The Kier molecular flexibility index (Phi) is 3.43. The molecule has 1 aromatic heterocycles. The highest BCUT2D eigenvalue weighted by Gasteiger charge is 2.27. The number of hydrogen-bond donors (Lipinski definition) is 13. The number of nitrogens with one attached hydrogen (secondary N) is 1. The van der Waals surface area contributed by atoms with Gasteiger partial charge in [0.05, 0.1) is 79.3 Å². The third-order valence-electron chi connectivity index (χ3n) is 6.47. The van der Waals surface area contributed by atoms with Gasteiger partial charge in [0.25, 0.3) is 0 Å². The molecule has 25 N–H and O–H groups in total. The van der Waals surface area contributed by atoms with Crippen LogP contribution in [-0.4, -0.2) is 4.98 Å². The predicted molar refractivity (Wildman–Crippen MR) is 144 cm³/mol. The maximum absolute atomic E-state index is 6.60. The first kappa shape index (κ1) is 19.7. The molecule has 13 heteroatoms. The van der Waals surface area contributed by atoms with Gasteiger partial charge in [0.1, 0.15) is 0 Å². The molecular formula is C20H25N13. The molecule has 0 saturated heterocycles. The molecule has 0 spiro atoms. The average molecular weight is 448 g/mol. The lowest BCUT2D eigenvalue weighted by molar-refractivity contribution is 1.55. The van der Waals surface area contributed by atoms with E-state index in [4.69, 9.17) is 68.8 Å². The number of rotatable bonds is 0. The highest BCUT2D eigenvalue weighted by Crippen LogP contribution is 2.53. The monoisotopic (exact) mass is 447 g/mol. The molecule has 13 nitrogen and oxygen atoms in total. The second-order valence-corrected chi connectivity index (χ2v) is 8.09. The van der Waals surface area contributed by atoms with Crippen LogP contribution >= 0.6 is 0 Å². The first-order valence-corrected chi connectivity index (χ1v) is 9.71. The molecule has 33 heavy (non-hydrogen) atoms. The minimum Gasteiger partial charge on any atom is -0.398 e. The van der Waals surface area contributed by atoms with Crippen LogP contribution < -0.4 is 68.8 Å². The van der Waals surface area contributed by atoms with Gasteiger partial charge in [0.2, 0.25) is 0 Å². The Morgan fingerprint density at radius 2 is 0.485 bits per heavy atom. The number of nitrogens with two attached hydrogens (primary N) is 12. The Morgan fingerprint density at radius 3 is 0.758 bits per heavy atom. The van der Waals surface area contributed by atoms with Gasteiger partial charge in [-0.05, 0) is 0 Å². The SMILES string of the molecule is Nc1c(N)c(N)c2c(N)c3c([nH]c4c(N)c5c(N)c(N)c(N)c(N)c5c(N)c43)c(N)c2c1N. The minimum absolute atomic E-state index is 0.100. The molecule has 1 heterocycles. The molecule has 0 fully saturated rings. The van der Waals surface area contributed by atoms with Gasteiger partial charge in [-0.2, -0.15) is 0 Å². The van der Waals surface area contributed by atoms with E-state index in [1.54, 1.807) is 0 Å². The van der Waals surface area contributed by atoms with Crippen molar-refractivity contribution in [1.29, 1.82) is 0 Å². The fourth-order valence-corrected chi connectivity index (χ4v) is 4.72. The van der Waals surface area contributed by atoms with Crippen LogP contribution in [0.25, 0.3) is 43.4 Å². The van der Waals surface area contributed by atoms with Gasteiger partial charge >= 0.3 is 0 Å². The molecular weight excluding hydrogens is 422 g/mol. The lowest BCUT2D eigenvalue weighted by Gasteiger charge is -2.18. The normalized spacial score (nSPS) is 11.9. The van der Waals surface area contributed by atoms with Gasteiger partial charge in [0, 0.05) is 32.3 Å². The first-order valence-electron chi connectivity index (χ1n) is 9.71. The summed E-state index contributed by atoms with van der Waals surface area (Å²) >= 11 is 0. The van der Waals surface area contributed by atoms with Crippen LogP contribution in [0.2, 0.25) is 0 Å². The van der Waals surface area contributed by atoms with Crippen molar-refractivity contribution in [3.05, 3.63) is 0 Å². The predicted octanol–water partition coefficient (Wildman–Crippen LogP) is 0.614. The zero-order valence-corrected chi connectivity index (χ0v) is 17.4. The Labute approximate surface area is 185 Å². The summed E-state index contributed by atoms with van der Waals surface area (Å²) in [6.45, 7) is 0. The van der Waals surface area contributed by atoms with Gasteiger partial charge in [0.15, 0.2) is 0 Å². The molecule has 4 aromatic carbocycles. The molecule has 0 radical (unpaired) electrons. The van der Waals surface area contributed by atoms with Crippen LogP contribution in [0.1, 0.15) is 0 Å². The van der Waals surface area contributed by atoms with Crippen molar-refractivity contribution in [1.82, 2.24) is 4.98 Å². The van der Waals surface area contributed by atoms with E-state index in [0.29, 0.717) is 43.4 Å². The number of aromatic amines is 1. The van der Waals surface area contributed by atoms with Crippen molar-refractivity contribution in [2.45, 2.75) is 0 Å². The van der Waals surface area contributed by atoms with Gasteiger partial charge in [-0.3, -0.25) is 0 Å². The number of anilines is 12. The van der Waals surface area contributed by atoms with E-state index in [1.165, 1.54) is 0 Å². The Bertz CT molecular complexity index is 1600. The summed E-state index contributed by atoms with van der Waals surface area (Å²) in [5, 5.41) is 2.37. The highest BCUT2D eigenvalue weighted by atomic mass is 14.9. The summed E-state index contributed by atoms with van der Waals surface area (Å²) in [6, 6.07) is 0. The zero-order chi connectivity index (χ0) is 24.3. The summed E-state index contributed by atoms with van der Waals surface area (Å²) in [7, 11) is 0. The molecule has 5 rings (SSSR count). The highest BCUT2D eigenvalue weighted by molar-refractivity contribution is 6.38. The van der Waals surface area contributed by atoms with E-state index in [2.05, 4.69) is 4.98 Å². The number of fused-ring (bicyclic) bond motifs is 5. The van der Waals surface area contributed by atoms with Crippen molar-refractivity contribution in [3.8, 4) is 0 Å². The average Bonchev–Trinajstić information content (AvgIpc) is 3.20. The summed E-state index contributed by atoms with van der Waals surface area (Å²) < 4.78 is 0. The van der Waals surface area contributed by atoms with Crippen LogP contribution in [0.15, 0.2) is 0 Å². The van der Waals surface area contributed by atoms with E-state index < -0.39 is 0 Å². The zero-order valence-electron chi connectivity index (χ0n) is 17.4. The number of hydrogen-bond acceptors (Lipinski definition) is 12. The van der Waals surface area contributed by atoms with Crippen molar-refractivity contribution in [2.75, 3.05) is 68.8 Å². The molecule has 0 aliphatic carbocycles. The number of nitrogen functional groups attached to an aromatic ring is 12. The van der Waals surface area contributed by atoms with Crippen LogP contribution in [0.4, 0.5) is 68.2 Å². The van der Waals surface area contributed by atoms with Crippen LogP contribution in [-0.2, 0) is 0 Å². The first-order chi connectivity index (χ1) is 15.4. The molecule has 0 unspecified atom stereocenters. The molecule has 0 bridgehead atoms. The number of benzene rings is 4. The maximum atomic E-state index is 6.60. The van der Waals surface area contributed by atoms with Crippen molar-refractivity contribution in [2.24, 2.45) is 0 Å². The number of aromatic nitrogens is 1. The third-order valence-corrected chi connectivity index (χ3v) is 6.47. The van der Waals surface area contributed by atoms with Crippen LogP contribution in [0, 0.1) is 0 Å². The maximum Gasteiger partial charge on any atom is 0.0810 e. The topological polar surface area (TPSA) is 328 Å². The van der Waals surface area contributed by atoms with E-state index in [-0.39, 0.29) is 68.2 Å². The quantitative estimate of drug-likeness (QED) is 0.115. The second-order valence-electron chi connectivity index (χ2n) is 8.09. The Hall–Kier alpha value is -5.20. The fourth-order valence-electron chi connectivity index (χ4n) is 4.72. The summed E-state index contributed by atoms with van der Waals surface area (Å²) in [6.07, 6.45) is 0. The van der Waals surface area contributed by atoms with Crippen molar-refractivity contribution < 1.29 is 0 Å². The summed E-state index contributed by atoms with van der Waals surface area (Å²) in [5.41, 5.74) is 78.3. The minimum atomic E-state index is 0.100. The van der Waals surface area contributed by atoms with E-state index >= 15 is 0 Å². The standard InChI is InChI=1S/C20H25N13/c21-7-1-3(11(25)17(31)15(29)9(1)23)13(27)19-5(7)6-8(22)2-4(14(28)20(6)33-19)12(26)18(32)16(30)10(2)24/h33H,21-32H2. The molecule has 170 valence electrons. The van der Waals surface area contributed by atoms with Gasteiger partial charge in [-0.15, -0.1) is 0 Å². The lowest BCUT2D eigenvalue weighted by Crippen LogP contribution is -2.08. The fraction of sp³-hybridized carbons (Fsp3) is 0. The van der Waals surface area contributed by atoms with Gasteiger partial charge in [-0.25, -0.2) is 0 Å². The molecule has 5 aromatic rings. The summed E-state index contributed by atoms with van der Waals surface area (Å²) in [4.78, 5) is 3.20. The summed E-state index contributed by atoms with van der Waals surface area (Å²) in [5.74, 6) is 0. The smallest absolute Gasteiger partial charge is 0.0810 e. The second kappa shape index (κ2) is 5.73. The molecule has 0 aliphatic heterocycles. The Morgan fingerprint density at radius 1 is 0.242 bits per heavy atom. The largest absolute Gasteiger partial charge is 0.398 e. The van der Waals surface area contributed by atoms with Crippen LogP contribution in [0.5, 0.6) is 0 Å². The van der Waals surface area contributed by atoms with Crippen LogP contribution in [0.3, 0.4) is 0 Å². The molecule has 0 amide bonds. The van der Waals surface area contributed by atoms with Crippen molar-refractivity contribution in [3.63, 3.8) is 0 Å². The lowest BCUT2D eigenvalue weighted by atomic mass is 9.94. The Balaban J connectivity index is 2.18. The van der Waals surface area contributed by atoms with Crippen molar-refractivity contribution >= 4 is 112 Å².